The van der Waals surface area contributed by atoms with Crippen LogP contribution in [0.5, 0.6) is 0 Å². The Labute approximate surface area is 103 Å². The average molecular weight is 266 g/mol. The fraction of sp³-hybridized carbons (Fsp3) is 0.600. The van der Waals surface area contributed by atoms with Crippen molar-refractivity contribution < 1.29 is 5.11 Å². The Morgan fingerprint density at radius 3 is 2.67 bits per heavy atom. The van der Waals surface area contributed by atoms with Gasteiger partial charge in [-0.2, -0.15) is 0 Å². The minimum Gasteiger partial charge on any atom is -0.394 e. The van der Waals surface area contributed by atoms with Crippen molar-refractivity contribution in [2.75, 3.05) is 6.61 Å². The van der Waals surface area contributed by atoms with Gasteiger partial charge in [0.2, 0.25) is 0 Å². The minimum absolute atomic E-state index is 0.0723. The van der Waals surface area contributed by atoms with E-state index in [0.29, 0.717) is 4.34 Å². The molecule has 0 saturated heterocycles. The smallest absolute Gasteiger partial charge is 0.0991 e. The molecule has 2 N–H and O–H groups in total. The summed E-state index contributed by atoms with van der Waals surface area (Å²) in [5, 5.41) is 12.6. The predicted molar refractivity (Wildman–Crippen MR) is 64.9 cm³/mol. The van der Waals surface area contributed by atoms with Gasteiger partial charge < -0.3 is 10.4 Å². The largest absolute Gasteiger partial charge is 0.394 e. The highest BCUT2D eigenvalue weighted by molar-refractivity contribution is 7.20. The monoisotopic (exact) mass is 265 g/mol. The third-order valence-electron chi connectivity index (χ3n) is 2.83. The van der Waals surface area contributed by atoms with Crippen molar-refractivity contribution >= 4 is 34.5 Å². The Hall–Kier alpha value is 0.200. The number of halogens is 2. The Morgan fingerprint density at radius 2 is 2.27 bits per heavy atom. The number of hydrogen-bond donors (Lipinski definition) is 2. The van der Waals surface area contributed by atoms with Gasteiger partial charge in [-0.25, -0.2) is 0 Å². The van der Waals surface area contributed by atoms with Crippen LogP contribution in [0, 0.1) is 0 Å². The number of hydrogen-bond acceptors (Lipinski definition) is 3. The van der Waals surface area contributed by atoms with Crippen LogP contribution in [0.25, 0.3) is 0 Å². The Kier molecular flexibility index (Phi) is 3.29. The molecule has 2 nitrogen and oxygen atoms in total. The molecular formula is C10H13Cl2NOS. The van der Waals surface area contributed by atoms with Crippen LogP contribution in [0.2, 0.25) is 8.67 Å². The van der Waals surface area contributed by atoms with Crippen molar-refractivity contribution in [3.8, 4) is 0 Å². The first-order chi connectivity index (χ1) is 7.06. The van der Waals surface area contributed by atoms with Gasteiger partial charge in [-0.05, 0) is 31.4 Å². The number of aliphatic hydroxyl groups excluding tert-OH is 1. The van der Waals surface area contributed by atoms with Crippen molar-refractivity contribution in [2.45, 2.75) is 31.3 Å². The van der Waals surface area contributed by atoms with Gasteiger partial charge in [-0.1, -0.05) is 23.2 Å². The van der Waals surface area contributed by atoms with E-state index >= 15 is 0 Å². The lowest BCUT2D eigenvalue weighted by Crippen LogP contribution is -2.36. The molecule has 0 amide bonds. The number of aliphatic hydroxyl groups is 1. The fourth-order valence-corrected chi connectivity index (χ4v) is 3.33. The highest BCUT2D eigenvalue weighted by atomic mass is 35.5. The molecule has 1 aliphatic rings. The van der Waals surface area contributed by atoms with E-state index in [4.69, 9.17) is 23.2 Å². The van der Waals surface area contributed by atoms with Gasteiger partial charge in [0, 0.05) is 11.6 Å². The lowest BCUT2D eigenvalue weighted by atomic mass is 10.1. The number of thiophene rings is 1. The summed E-state index contributed by atoms with van der Waals surface area (Å²) in [5.41, 5.74) is 0.948. The zero-order valence-corrected chi connectivity index (χ0v) is 10.7. The van der Waals surface area contributed by atoms with E-state index in [0.717, 1.165) is 22.7 Å². The van der Waals surface area contributed by atoms with Crippen LogP contribution in [0.4, 0.5) is 0 Å². The molecule has 0 aromatic carbocycles. The van der Waals surface area contributed by atoms with Crippen LogP contribution in [-0.2, 0) is 0 Å². The molecule has 1 heterocycles. The fourth-order valence-electron chi connectivity index (χ4n) is 1.68. The molecule has 2 rings (SSSR count). The maximum Gasteiger partial charge on any atom is 0.0991 e. The predicted octanol–water partition coefficient (Wildman–Crippen LogP) is 3.23. The summed E-state index contributed by atoms with van der Waals surface area (Å²) >= 11 is 13.3. The van der Waals surface area contributed by atoms with E-state index in [1.807, 2.05) is 13.0 Å². The standard InChI is InChI=1S/C10H13Cl2NOS/c1-6(13-10(5-14)2-3-10)7-4-8(11)15-9(7)12/h4,6,13-14H,2-3,5H2,1H3. The summed E-state index contributed by atoms with van der Waals surface area (Å²) in [6.45, 7) is 2.23. The number of rotatable bonds is 4. The summed E-state index contributed by atoms with van der Waals surface area (Å²) in [4.78, 5) is 0. The van der Waals surface area contributed by atoms with Crippen LogP contribution >= 0.6 is 34.5 Å². The van der Waals surface area contributed by atoms with E-state index in [9.17, 15) is 5.11 Å². The zero-order valence-electron chi connectivity index (χ0n) is 8.39. The van der Waals surface area contributed by atoms with Crippen molar-refractivity contribution in [3.05, 3.63) is 20.3 Å². The molecule has 5 heteroatoms. The number of nitrogens with one attached hydrogen (secondary N) is 1. The quantitative estimate of drug-likeness (QED) is 0.876. The summed E-state index contributed by atoms with van der Waals surface area (Å²) in [7, 11) is 0. The molecule has 0 aliphatic heterocycles. The van der Waals surface area contributed by atoms with E-state index in [1.54, 1.807) is 0 Å². The molecule has 0 spiro atoms. The SMILES string of the molecule is CC(NC1(CO)CC1)c1cc(Cl)sc1Cl. The van der Waals surface area contributed by atoms with Crippen LogP contribution in [0.3, 0.4) is 0 Å². The lowest BCUT2D eigenvalue weighted by Gasteiger charge is -2.20. The highest BCUT2D eigenvalue weighted by Crippen LogP contribution is 2.40. The molecule has 15 heavy (non-hydrogen) atoms. The summed E-state index contributed by atoms with van der Waals surface area (Å²) in [5.74, 6) is 0. The van der Waals surface area contributed by atoms with Crippen molar-refractivity contribution in [1.29, 1.82) is 0 Å². The first-order valence-corrected chi connectivity index (χ1v) is 6.47. The molecular weight excluding hydrogens is 253 g/mol. The van der Waals surface area contributed by atoms with E-state index in [2.05, 4.69) is 5.32 Å². The van der Waals surface area contributed by atoms with Gasteiger partial charge in [-0.15, -0.1) is 11.3 Å². The van der Waals surface area contributed by atoms with Gasteiger partial charge in [0.1, 0.15) is 0 Å². The maximum atomic E-state index is 9.21. The van der Waals surface area contributed by atoms with Crippen LogP contribution in [0.15, 0.2) is 6.07 Å². The van der Waals surface area contributed by atoms with Crippen LogP contribution in [-0.4, -0.2) is 17.3 Å². The second-order valence-corrected chi connectivity index (χ2v) is 6.37. The summed E-state index contributed by atoms with van der Waals surface area (Å²) in [6, 6.07) is 2.02. The van der Waals surface area contributed by atoms with Crippen molar-refractivity contribution in [3.63, 3.8) is 0 Å². The first kappa shape index (κ1) is 11.7. The zero-order chi connectivity index (χ0) is 11.1. The second-order valence-electron chi connectivity index (χ2n) is 4.08. The Morgan fingerprint density at radius 1 is 1.60 bits per heavy atom. The summed E-state index contributed by atoms with van der Waals surface area (Å²) < 4.78 is 1.44. The first-order valence-electron chi connectivity index (χ1n) is 4.90. The van der Waals surface area contributed by atoms with Crippen molar-refractivity contribution in [1.82, 2.24) is 5.32 Å². The van der Waals surface area contributed by atoms with Gasteiger partial charge >= 0.3 is 0 Å². The van der Waals surface area contributed by atoms with Gasteiger partial charge in [0.05, 0.1) is 15.3 Å². The molecule has 1 atom stereocenters. The maximum absolute atomic E-state index is 9.21. The van der Waals surface area contributed by atoms with Crippen molar-refractivity contribution in [2.24, 2.45) is 0 Å². The molecule has 1 unspecified atom stereocenters. The van der Waals surface area contributed by atoms with E-state index in [1.165, 1.54) is 11.3 Å². The normalized spacial score (nSPS) is 20.3. The van der Waals surface area contributed by atoms with Crippen LogP contribution in [0.1, 0.15) is 31.4 Å². The minimum atomic E-state index is -0.0723. The molecule has 1 saturated carbocycles. The van der Waals surface area contributed by atoms with E-state index < -0.39 is 0 Å². The van der Waals surface area contributed by atoms with Gasteiger partial charge in [0.25, 0.3) is 0 Å². The molecule has 0 bridgehead atoms. The third kappa shape index (κ3) is 2.48. The Bertz CT molecular complexity index is 362. The summed E-state index contributed by atoms with van der Waals surface area (Å²) in [6.07, 6.45) is 2.06. The van der Waals surface area contributed by atoms with Gasteiger partial charge in [0.15, 0.2) is 0 Å². The molecule has 1 aromatic heterocycles. The third-order valence-corrected chi connectivity index (χ3v) is 4.35. The molecule has 1 fully saturated rings. The molecule has 84 valence electrons. The second kappa shape index (κ2) is 4.22. The van der Waals surface area contributed by atoms with E-state index in [-0.39, 0.29) is 18.2 Å². The molecule has 1 aromatic rings. The lowest BCUT2D eigenvalue weighted by molar-refractivity contribution is 0.221. The average Bonchev–Trinajstić information content (AvgIpc) is 2.86. The van der Waals surface area contributed by atoms with Crippen LogP contribution < -0.4 is 5.32 Å². The topological polar surface area (TPSA) is 32.3 Å². The van der Waals surface area contributed by atoms with Gasteiger partial charge in [-0.3, -0.25) is 0 Å². The highest BCUT2D eigenvalue weighted by Gasteiger charge is 2.43. The molecule has 1 aliphatic carbocycles. The molecule has 0 radical (unpaired) electrons. The Balaban J connectivity index is 2.07.